The molecule has 1 aliphatic carbocycles. The normalized spacial score (nSPS) is 17.0. The molecular formula is C18H24N4O4. The van der Waals surface area contributed by atoms with Crippen LogP contribution in [0.3, 0.4) is 0 Å². The van der Waals surface area contributed by atoms with E-state index in [1.807, 2.05) is 0 Å². The zero-order chi connectivity index (χ0) is 18.9. The molecule has 0 radical (unpaired) electrons. The highest BCUT2D eigenvalue weighted by atomic mass is 16.6. The minimum Gasteiger partial charge on any atom is -0.271 e. The predicted molar refractivity (Wildman–Crippen MR) is 102 cm³/mol. The first kappa shape index (κ1) is 19.6. The monoisotopic (exact) mass is 360 g/mol. The van der Waals surface area contributed by atoms with Gasteiger partial charge in [0.2, 0.25) is 0 Å². The maximum atomic E-state index is 11.2. The van der Waals surface area contributed by atoms with Crippen molar-refractivity contribution in [2.24, 2.45) is 5.10 Å². The lowest BCUT2D eigenvalue weighted by atomic mass is 10.1. The summed E-state index contributed by atoms with van der Waals surface area (Å²) >= 11 is 0. The van der Waals surface area contributed by atoms with E-state index in [0.29, 0.717) is 0 Å². The molecule has 140 valence electrons. The molecule has 0 amide bonds. The molecule has 8 nitrogen and oxygen atoms in total. The number of nitrogens with one attached hydrogen (secondary N) is 1. The first-order chi connectivity index (χ1) is 12.5. The predicted octanol–water partition coefficient (Wildman–Crippen LogP) is 5.35. The second-order valence-corrected chi connectivity index (χ2v) is 6.32. The van der Waals surface area contributed by atoms with Gasteiger partial charge in [-0.05, 0) is 43.7 Å². The fourth-order valence-electron chi connectivity index (χ4n) is 2.95. The lowest BCUT2D eigenvalue weighted by Crippen LogP contribution is -2.02. The molecule has 0 unspecified atom stereocenters. The third-order valence-electron chi connectivity index (χ3n) is 4.38. The molecule has 1 fully saturated rings. The van der Waals surface area contributed by atoms with E-state index in [0.717, 1.165) is 43.9 Å². The summed E-state index contributed by atoms with van der Waals surface area (Å²) in [6.07, 6.45) is 10.9. The van der Waals surface area contributed by atoms with Gasteiger partial charge in [0.05, 0.1) is 21.6 Å². The summed E-state index contributed by atoms with van der Waals surface area (Å²) in [7, 11) is 0. The van der Waals surface area contributed by atoms with Gasteiger partial charge in [0.15, 0.2) is 0 Å². The molecule has 1 aromatic carbocycles. The molecule has 8 heteroatoms. The summed E-state index contributed by atoms with van der Waals surface area (Å²) in [5.74, 6) is 0. The number of non-ortho nitro benzene ring substituents is 1. The Hall–Kier alpha value is -2.77. The average Bonchev–Trinajstić information content (AvgIpc) is 3.06. The highest BCUT2D eigenvalue weighted by Gasteiger charge is 2.20. The first-order valence-corrected chi connectivity index (χ1v) is 8.97. The van der Waals surface area contributed by atoms with Gasteiger partial charge in [-0.15, -0.1) is 0 Å². The van der Waals surface area contributed by atoms with Crippen molar-refractivity contribution < 1.29 is 9.85 Å². The van der Waals surface area contributed by atoms with Gasteiger partial charge in [0.25, 0.3) is 5.69 Å². The number of rotatable bonds is 9. The summed E-state index contributed by atoms with van der Waals surface area (Å²) in [6.45, 7) is 2.18. The molecule has 1 N–H and O–H groups in total. The largest absolute Gasteiger partial charge is 0.301 e. The van der Waals surface area contributed by atoms with Crippen LogP contribution >= 0.6 is 0 Å². The minimum atomic E-state index is -0.654. The van der Waals surface area contributed by atoms with Crippen LogP contribution in [0, 0.1) is 20.2 Å². The van der Waals surface area contributed by atoms with Crippen LogP contribution in [0.5, 0.6) is 0 Å². The highest BCUT2D eigenvalue weighted by Crippen LogP contribution is 2.30. The minimum absolute atomic E-state index is 0.155. The van der Waals surface area contributed by atoms with Gasteiger partial charge in [-0.3, -0.25) is 25.7 Å². The number of unbranched alkanes of at least 4 members (excludes halogenated alkanes) is 4. The molecule has 0 heterocycles. The zero-order valence-corrected chi connectivity index (χ0v) is 14.9. The Morgan fingerprint density at radius 3 is 2.65 bits per heavy atom. The number of hydrazone groups is 1. The van der Waals surface area contributed by atoms with Crippen LogP contribution in [-0.4, -0.2) is 15.6 Å². The number of nitrogens with zero attached hydrogens (tertiary/aromatic N) is 3. The van der Waals surface area contributed by atoms with Gasteiger partial charge >= 0.3 is 5.69 Å². The first-order valence-electron chi connectivity index (χ1n) is 8.97. The van der Waals surface area contributed by atoms with Crippen LogP contribution in [0.15, 0.2) is 34.9 Å². The van der Waals surface area contributed by atoms with E-state index in [2.05, 4.69) is 23.5 Å². The van der Waals surface area contributed by atoms with Crippen molar-refractivity contribution in [1.29, 1.82) is 0 Å². The molecule has 1 saturated carbocycles. The Balaban J connectivity index is 2.09. The summed E-state index contributed by atoms with van der Waals surface area (Å²) in [6, 6.07) is 3.50. The number of hydrogen-bond donors (Lipinski definition) is 1. The molecule has 0 aromatic heterocycles. The zero-order valence-electron chi connectivity index (χ0n) is 14.9. The van der Waals surface area contributed by atoms with Crippen LogP contribution in [-0.2, 0) is 0 Å². The van der Waals surface area contributed by atoms with Crippen molar-refractivity contribution in [2.45, 2.75) is 58.3 Å². The van der Waals surface area contributed by atoms with Crippen LogP contribution in [0.4, 0.5) is 17.1 Å². The molecule has 0 atom stereocenters. The number of benzene rings is 1. The van der Waals surface area contributed by atoms with E-state index in [1.54, 1.807) is 0 Å². The van der Waals surface area contributed by atoms with Crippen molar-refractivity contribution in [3.05, 3.63) is 50.1 Å². The quantitative estimate of drug-likeness (QED) is 0.362. The van der Waals surface area contributed by atoms with Crippen molar-refractivity contribution in [1.82, 2.24) is 0 Å². The second kappa shape index (κ2) is 9.65. The molecular weight excluding hydrogens is 336 g/mol. The van der Waals surface area contributed by atoms with Gasteiger partial charge in [0.1, 0.15) is 5.69 Å². The Morgan fingerprint density at radius 1 is 1.15 bits per heavy atom. The average molecular weight is 360 g/mol. The third kappa shape index (κ3) is 5.37. The molecule has 1 aliphatic rings. The molecule has 0 aliphatic heterocycles. The Kier molecular flexibility index (Phi) is 7.25. The van der Waals surface area contributed by atoms with Gasteiger partial charge in [-0.25, -0.2) is 0 Å². The number of nitro groups is 2. The van der Waals surface area contributed by atoms with E-state index in [4.69, 9.17) is 0 Å². The molecule has 0 bridgehead atoms. The number of hydrogen-bond acceptors (Lipinski definition) is 6. The van der Waals surface area contributed by atoms with Crippen LogP contribution in [0.2, 0.25) is 0 Å². The van der Waals surface area contributed by atoms with Crippen molar-refractivity contribution in [3.63, 3.8) is 0 Å². The molecule has 26 heavy (non-hydrogen) atoms. The van der Waals surface area contributed by atoms with E-state index >= 15 is 0 Å². The number of anilines is 1. The number of nitro benzene ring substituents is 2. The van der Waals surface area contributed by atoms with Crippen LogP contribution in [0.1, 0.15) is 58.3 Å². The lowest BCUT2D eigenvalue weighted by molar-refractivity contribution is -0.393. The third-order valence-corrected chi connectivity index (χ3v) is 4.38. The fourth-order valence-corrected chi connectivity index (χ4v) is 2.95. The molecule has 1 aromatic rings. The maximum absolute atomic E-state index is 11.2. The van der Waals surface area contributed by atoms with Crippen LogP contribution in [0.25, 0.3) is 0 Å². The van der Waals surface area contributed by atoms with E-state index in [9.17, 15) is 20.2 Å². The molecule has 0 saturated heterocycles. The summed E-state index contributed by atoms with van der Waals surface area (Å²) in [5, 5.41) is 26.3. The van der Waals surface area contributed by atoms with Crippen molar-refractivity contribution >= 4 is 22.8 Å². The van der Waals surface area contributed by atoms with Crippen LogP contribution < -0.4 is 5.43 Å². The standard InChI is InChI=1S/C18H24N4O4/c1-2-3-4-5-6-8-14-9-7-10-16(14)19-20-17-12-11-15(21(23)24)13-18(17)22(25)26/h8,11-13,20H,2-7,9-10H2,1H3. The molecule has 2 rings (SSSR count). The fraction of sp³-hybridized carbons (Fsp3) is 0.500. The lowest BCUT2D eigenvalue weighted by Gasteiger charge is -2.05. The van der Waals surface area contributed by atoms with Gasteiger partial charge < -0.3 is 0 Å². The second-order valence-electron chi connectivity index (χ2n) is 6.32. The van der Waals surface area contributed by atoms with E-state index in [-0.39, 0.29) is 17.1 Å². The topological polar surface area (TPSA) is 111 Å². The van der Waals surface area contributed by atoms with Crippen molar-refractivity contribution in [3.8, 4) is 0 Å². The summed E-state index contributed by atoms with van der Waals surface area (Å²) in [5.41, 5.74) is 4.31. The Morgan fingerprint density at radius 2 is 1.96 bits per heavy atom. The summed E-state index contributed by atoms with van der Waals surface area (Å²) in [4.78, 5) is 20.7. The van der Waals surface area contributed by atoms with Crippen molar-refractivity contribution in [2.75, 3.05) is 5.43 Å². The maximum Gasteiger partial charge on any atom is 0.301 e. The van der Waals surface area contributed by atoms with E-state index in [1.165, 1.54) is 37.0 Å². The SMILES string of the molecule is CCCCCCC=C1CCCC1=NNc1ccc([N+](=O)[O-])cc1[N+](=O)[O-]. The Bertz CT molecular complexity index is 728. The highest BCUT2D eigenvalue weighted by molar-refractivity contribution is 6.02. The Labute approximate surface area is 152 Å². The van der Waals surface area contributed by atoms with Gasteiger partial charge in [-0.2, -0.15) is 5.10 Å². The smallest absolute Gasteiger partial charge is 0.271 e. The van der Waals surface area contributed by atoms with E-state index < -0.39 is 9.85 Å². The number of allylic oxidation sites excluding steroid dienone is 2. The van der Waals surface area contributed by atoms with Gasteiger partial charge in [-0.1, -0.05) is 32.3 Å². The van der Waals surface area contributed by atoms with Gasteiger partial charge in [0, 0.05) is 6.07 Å². The molecule has 0 spiro atoms. The summed E-state index contributed by atoms with van der Waals surface area (Å²) < 4.78 is 0.